The minimum atomic E-state index is -0.604. The van der Waals surface area contributed by atoms with Gasteiger partial charge in [0.15, 0.2) is 0 Å². The number of nitriles is 1. The number of nitrogens with zero attached hydrogens (tertiary/aromatic N) is 2. The fourth-order valence-electron chi connectivity index (χ4n) is 3.50. The standard InChI is InChI=1S/C21H17ClN4O2/c1-12-6-7-15(10-16(12)22)24-19(27)9-13-8-14(11-23)20-25-17-4-2-3-5-18(17)26(20)21(13)28/h2-7,10,13,25H,8-9H2,1H3,(H,24,27). The first kappa shape index (κ1) is 18.1. The molecule has 2 aromatic rings. The molecule has 6 nitrogen and oxygen atoms in total. The van der Waals surface area contributed by atoms with E-state index >= 15 is 0 Å². The quantitative estimate of drug-likeness (QED) is 0.820. The Hall–Kier alpha value is -3.30. The third-order valence-electron chi connectivity index (χ3n) is 4.95. The van der Waals surface area contributed by atoms with Gasteiger partial charge in [-0.05, 0) is 43.2 Å². The highest BCUT2D eigenvalue weighted by molar-refractivity contribution is 6.31. The summed E-state index contributed by atoms with van der Waals surface area (Å²) in [5, 5.41) is 16.0. The van der Waals surface area contributed by atoms with E-state index in [0.717, 1.165) is 11.3 Å². The lowest BCUT2D eigenvalue weighted by atomic mass is 9.91. The summed E-state index contributed by atoms with van der Waals surface area (Å²) in [6.07, 6.45) is 0.214. The van der Waals surface area contributed by atoms with Crippen molar-refractivity contribution in [2.45, 2.75) is 19.8 Å². The number of aryl methyl sites for hydroxylation is 1. The first-order chi connectivity index (χ1) is 13.5. The first-order valence-electron chi connectivity index (χ1n) is 8.87. The SMILES string of the molecule is Cc1ccc(NC(=O)CC2CC(C#N)=C3Nc4ccccc4N3C2=O)cc1Cl. The summed E-state index contributed by atoms with van der Waals surface area (Å²) in [5.41, 5.74) is 3.43. The van der Waals surface area contributed by atoms with E-state index < -0.39 is 5.92 Å². The largest absolute Gasteiger partial charge is 0.339 e. The van der Waals surface area contributed by atoms with Crippen LogP contribution in [0.5, 0.6) is 0 Å². The molecule has 2 aromatic carbocycles. The van der Waals surface area contributed by atoms with Crippen LogP contribution in [0.4, 0.5) is 17.1 Å². The van der Waals surface area contributed by atoms with Crippen LogP contribution < -0.4 is 15.5 Å². The average Bonchev–Trinajstić information content (AvgIpc) is 3.07. The van der Waals surface area contributed by atoms with Gasteiger partial charge in [0.1, 0.15) is 5.82 Å². The lowest BCUT2D eigenvalue weighted by Gasteiger charge is -2.29. The Labute approximate surface area is 167 Å². The number of allylic oxidation sites excluding steroid dienone is 1. The molecule has 1 atom stereocenters. The van der Waals surface area contributed by atoms with Crippen molar-refractivity contribution in [3.63, 3.8) is 0 Å². The molecule has 28 heavy (non-hydrogen) atoms. The van der Waals surface area contributed by atoms with Crippen LogP contribution in [-0.4, -0.2) is 11.8 Å². The highest BCUT2D eigenvalue weighted by Gasteiger charge is 2.41. The van der Waals surface area contributed by atoms with Crippen LogP contribution in [0.2, 0.25) is 5.02 Å². The number of carbonyl (C=O) groups excluding carboxylic acids is 2. The molecule has 2 aliphatic heterocycles. The number of amides is 2. The molecule has 4 rings (SSSR count). The van der Waals surface area contributed by atoms with Crippen molar-refractivity contribution in [3.8, 4) is 6.07 Å². The third-order valence-corrected chi connectivity index (χ3v) is 5.36. The molecule has 0 spiro atoms. The van der Waals surface area contributed by atoms with Crippen molar-refractivity contribution < 1.29 is 9.59 Å². The van der Waals surface area contributed by atoms with Gasteiger partial charge >= 0.3 is 0 Å². The minimum Gasteiger partial charge on any atom is -0.339 e. The van der Waals surface area contributed by atoms with E-state index in [1.807, 2.05) is 37.3 Å². The summed E-state index contributed by atoms with van der Waals surface area (Å²) in [6, 6.07) is 14.8. The molecule has 0 bridgehead atoms. The Morgan fingerprint density at radius 2 is 2.14 bits per heavy atom. The van der Waals surface area contributed by atoms with Crippen LogP contribution in [0.15, 0.2) is 53.9 Å². The molecule has 7 heteroatoms. The van der Waals surface area contributed by atoms with Crippen molar-refractivity contribution in [2.24, 2.45) is 5.92 Å². The van der Waals surface area contributed by atoms with Crippen molar-refractivity contribution >= 4 is 40.5 Å². The van der Waals surface area contributed by atoms with Crippen LogP contribution in [0.3, 0.4) is 0 Å². The van der Waals surface area contributed by atoms with Gasteiger partial charge in [-0.15, -0.1) is 0 Å². The molecule has 2 aliphatic rings. The number of nitrogens with one attached hydrogen (secondary N) is 2. The third kappa shape index (κ3) is 3.10. The van der Waals surface area contributed by atoms with E-state index in [4.69, 9.17) is 11.6 Å². The molecule has 1 unspecified atom stereocenters. The van der Waals surface area contributed by atoms with Gasteiger partial charge in [-0.25, -0.2) is 0 Å². The van der Waals surface area contributed by atoms with Gasteiger partial charge in [0.25, 0.3) is 0 Å². The molecule has 140 valence electrons. The van der Waals surface area contributed by atoms with Gasteiger partial charge in [0, 0.05) is 17.1 Å². The molecule has 2 amide bonds. The number of fused-ring (bicyclic) bond motifs is 3. The molecule has 0 radical (unpaired) electrons. The predicted molar refractivity (Wildman–Crippen MR) is 108 cm³/mol. The second-order valence-corrected chi connectivity index (χ2v) is 7.28. The van der Waals surface area contributed by atoms with E-state index in [9.17, 15) is 14.9 Å². The normalized spacial score (nSPS) is 17.5. The maximum absolute atomic E-state index is 13.1. The maximum Gasteiger partial charge on any atom is 0.236 e. The molecule has 0 saturated carbocycles. The van der Waals surface area contributed by atoms with Gasteiger partial charge in [0.2, 0.25) is 11.8 Å². The molecule has 0 saturated heterocycles. The highest BCUT2D eigenvalue weighted by Crippen LogP contribution is 2.42. The van der Waals surface area contributed by atoms with Crippen LogP contribution >= 0.6 is 11.6 Å². The van der Waals surface area contributed by atoms with Crippen LogP contribution in [0.1, 0.15) is 18.4 Å². The first-order valence-corrected chi connectivity index (χ1v) is 9.25. The monoisotopic (exact) mass is 392 g/mol. The fraction of sp³-hybridized carbons (Fsp3) is 0.190. The summed E-state index contributed by atoms with van der Waals surface area (Å²) < 4.78 is 0. The number of benzene rings is 2. The smallest absolute Gasteiger partial charge is 0.236 e. The van der Waals surface area contributed by atoms with Crippen molar-refractivity contribution in [3.05, 3.63) is 64.4 Å². The molecule has 0 fully saturated rings. The second-order valence-electron chi connectivity index (χ2n) is 6.87. The van der Waals surface area contributed by atoms with E-state index in [2.05, 4.69) is 16.7 Å². The van der Waals surface area contributed by atoms with Crippen molar-refractivity contribution in [1.82, 2.24) is 0 Å². The summed E-state index contributed by atoms with van der Waals surface area (Å²) in [7, 11) is 0. The van der Waals surface area contributed by atoms with Crippen LogP contribution in [-0.2, 0) is 9.59 Å². The molecule has 2 N–H and O–H groups in total. The van der Waals surface area contributed by atoms with E-state index in [1.165, 1.54) is 4.90 Å². The van der Waals surface area contributed by atoms with Gasteiger partial charge in [0.05, 0.1) is 28.9 Å². The van der Waals surface area contributed by atoms with Gasteiger partial charge in [-0.2, -0.15) is 5.26 Å². The van der Waals surface area contributed by atoms with Crippen molar-refractivity contribution in [1.29, 1.82) is 5.26 Å². The van der Waals surface area contributed by atoms with Crippen LogP contribution in [0, 0.1) is 24.2 Å². The summed E-state index contributed by atoms with van der Waals surface area (Å²) >= 11 is 6.10. The summed E-state index contributed by atoms with van der Waals surface area (Å²) in [6.45, 7) is 1.88. The molecule has 0 aromatic heterocycles. The Morgan fingerprint density at radius 1 is 1.36 bits per heavy atom. The minimum absolute atomic E-state index is 0.0124. The molecular formula is C21H17ClN4O2. The summed E-state index contributed by atoms with van der Waals surface area (Å²) in [5.74, 6) is -0.592. The molecule has 0 aliphatic carbocycles. The number of anilines is 3. The topological polar surface area (TPSA) is 85.2 Å². The van der Waals surface area contributed by atoms with Gasteiger partial charge in [-0.3, -0.25) is 14.5 Å². The highest BCUT2D eigenvalue weighted by atomic mass is 35.5. The number of hydrogen-bond acceptors (Lipinski definition) is 4. The zero-order valence-corrected chi connectivity index (χ0v) is 15.9. The zero-order valence-electron chi connectivity index (χ0n) is 15.1. The van der Waals surface area contributed by atoms with E-state index in [0.29, 0.717) is 27.8 Å². The Balaban J connectivity index is 1.55. The van der Waals surface area contributed by atoms with Gasteiger partial charge < -0.3 is 10.6 Å². The second kappa shape index (κ2) is 7.02. The Bertz CT molecular complexity index is 1070. The zero-order chi connectivity index (χ0) is 19.8. The number of rotatable bonds is 3. The maximum atomic E-state index is 13.1. The van der Waals surface area contributed by atoms with Crippen molar-refractivity contribution in [2.75, 3.05) is 15.5 Å². The predicted octanol–water partition coefficient (Wildman–Crippen LogP) is 4.19. The lowest BCUT2D eigenvalue weighted by Crippen LogP contribution is -2.40. The number of hydrogen-bond donors (Lipinski definition) is 2. The van der Waals surface area contributed by atoms with E-state index in [1.54, 1.807) is 12.1 Å². The lowest BCUT2D eigenvalue weighted by molar-refractivity contribution is -0.126. The molecular weight excluding hydrogens is 376 g/mol. The number of para-hydroxylation sites is 2. The Morgan fingerprint density at radius 3 is 2.89 bits per heavy atom. The van der Waals surface area contributed by atoms with Gasteiger partial charge in [-0.1, -0.05) is 29.8 Å². The summed E-state index contributed by atoms with van der Waals surface area (Å²) in [4.78, 5) is 27.1. The number of carbonyl (C=O) groups is 2. The fourth-order valence-corrected chi connectivity index (χ4v) is 3.68. The average molecular weight is 393 g/mol. The Kier molecular flexibility index (Phi) is 4.54. The van der Waals surface area contributed by atoms with E-state index in [-0.39, 0.29) is 24.7 Å². The van der Waals surface area contributed by atoms with Crippen LogP contribution in [0.25, 0.3) is 0 Å². The molecule has 2 heterocycles. The number of halogens is 1.